The maximum absolute atomic E-state index is 11.2. The molecule has 0 aromatic rings. The molecule has 4 heteroatoms. The Morgan fingerprint density at radius 1 is 1.82 bits per heavy atom. The first-order valence-electron chi connectivity index (χ1n) is 3.90. The number of carbonyl (C=O) groups excluding carboxylic acids is 1. The molecular formula is C7H14N2O2. The largest absolute Gasteiger partial charge is 0.316 e. The smallest absolute Gasteiger partial charge is 0.250 e. The van der Waals surface area contributed by atoms with Gasteiger partial charge in [-0.25, -0.2) is 5.48 Å². The van der Waals surface area contributed by atoms with Gasteiger partial charge in [-0.2, -0.15) is 0 Å². The molecule has 1 rings (SSSR count). The minimum absolute atomic E-state index is 0.259. The molecule has 0 radical (unpaired) electrons. The van der Waals surface area contributed by atoms with Crippen molar-refractivity contribution >= 4 is 5.91 Å². The van der Waals surface area contributed by atoms with Crippen LogP contribution in [0.4, 0.5) is 0 Å². The average Bonchev–Trinajstić information content (AvgIpc) is 2.52. The minimum Gasteiger partial charge on any atom is -0.316 e. The van der Waals surface area contributed by atoms with E-state index < -0.39 is 0 Å². The number of amides is 1. The zero-order valence-electron chi connectivity index (χ0n) is 6.68. The minimum atomic E-state index is -0.366. The molecule has 0 aromatic carbocycles. The van der Waals surface area contributed by atoms with Crippen LogP contribution in [-0.4, -0.2) is 24.2 Å². The first-order valence-corrected chi connectivity index (χ1v) is 3.90. The molecular weight excluding hydrogens is 144 g/mol. The van der Waals surface area contributed by atoms with Gasteiger partial charge in [0, 0.05) is 6.54 Å². The lowest BCUT2D eigenvalue weighted by Crippen LogP contribution is -2.40. The van der Waals surface area contributed by atoms with Gasteiger partial charge in [0.05, 0.1) is 5.41 Å². The summed E-state index contributed by atoms with van der Waals surface area (Å²) < 4.78 is 0. The van der Waals surface area contributed by atoms with Crippen LogP contribution < -0.4 is 10.8 Å². The predicted molar refractivity (Wildman–Crippen MR) is 40.1 cm³/mol. The molecule has 1 amide bonds. The van der Waals surface area contributed by atoms with Gasteiger partial charge < -0.3 is 5.32 Å². The summed E-state index contributed by atoms with van der Waals surface area (Å²) in [6, 6.07) is 0. The average molecular weight is 158 g/mol. The van der Waals surface area contributed by atoms with Gasteiger partial charge in [0.2, 0.25) is 0 Å². The quantitative estimate of drug-likeness (QED) is 0.388. The summed E-state index contributed by atoms with van der Waals surface area (Å²) in [4.78, 5) is 11.2. The van der Waals surface area contributed by atoms with E-state index >= 15 is 0 Å². The van der Waals surface area contributed by atoms with Crippen LogP contribution in [0.15, 0.2) is 0 Å². The highest BCUT2D eigenvalue weighted by atomic mass is 16.5. The van der Waals surface area contributed by atoms with Gasteiger partial charge in [-0.3, -0.25) is 10.0 Å². The summed E-state index contributed by atoms with van der Waals surface area (Å²) in [5.74, 6) is -0.259. The van der Waals surface area contributed by atoms with Gasteiger partial charge in [-0.1, -0.05) is 6.92 Å². The number of hydroxylamine groups is 1. The van der Waals surface area contributed by atoms with Crippen molar-refractivity contribution in [1.29, 1.82) is 0 Å². The third-order valence-corrected chi connectivity index (χ3v) is 2.50. The monoisotopic (exact) mass is 158 g/mol. The molecule has 3 N–H and O–H groups in total. The van der Waals surface area contributed by atoms with Crippen molar-refractivity contribution in [3.05, 3.63) is 0 Å². The molecule has 1 atom stereocenters. The Bertz CT molecular complexity index is 153. The normalized spacial score (nSPS) is 30.4. The first kappa shape index (κ1) is 8.49. The Labute approximate surface area is 65.9 Å². The number of hydrogen-bond donors (Lipinski definition) is 3. The lowest BCUT2D eigenvalue weighted by atomic mass is 9.84. The van der Waals surface area contributed by atoms with E-state index in [9.17, 15) is 4.79 Å². The van der Waals surface area contributed by atoms with Crippen LogP contribution in [0.1, 0.15) is 19.8 Å². The van der Waals surface area contributed by atoms with E-state index in [4.69, 9.17) is 5.21 Å². The summed E-state index contributed by atoms with van der Waals surface area (Å²) in [6.07, 6.45) is 1.59. The van der Waals surface area contributed by atoms with Gasteiger partial charge >= 0.3 is 0 Å². The number of nitrogens with one attached hydrogen (secondary N) is 2. The van der Waals surface area contributed by atoms with Crippen molar-refractivity contribution in [3.8, 4) is 0 Å². The second-order valence-electron chi connectivity index (χ2n) is 3.00. The van der Waals surface area contributed by atoms with Crippen LogP contribution in [-0.2, 0) is 4.79 Å². The maximum Gasteiger partial charge on any atom is 0.250 e. The van der Waals surface area contributed by atoms with E-state index in [-0.39, 0.29) is 11.3 Å². The van der Waals surface area contributed by atoms with E-state index in [1.165, 1.54) is 0 Å². The Morgan fingerprint density at radius 2 is 2.55 bits per heavy atom. The second kappa shape index (κ2) is 3.19. The van der Waals surface area contributed by atoms with Gasteiger partial charge in [0.25, 0.3) is 5.91 Å². The van der Waals surface area contributed by atoms with E-state index in [1.54, 1.807) is 5.48 Å². The molecule has 1 aliphatic rings. The highest BCUT2D eigenvalue weighted by Gasteiger charge is 2.39. The van der Waals surface area contributed by atoms with Crippen molar-refractivity contribution in [2.24, 2.45) is 5.41 Å². The van der Waals surface area contributed by atoms with Crippen molar-refractivity contribution in [2.45, 2.75) is 19.8 Å². The summed E-state index contributed by atoms with van der Waals surface area (Å²) in [7, 11) is 0. The summed E-state index contributed by atoms with van der Waals surface area (Å²) in [5, 5.41) is 11.6. The van der Waals surface area contributed by atoms with E-state index in [1.807, 2.05) is 6.92 Å². The van der Waals surface area contributed by atoms with Crippen LogP contribution in [0.5, 0.6) is 0 Å². The third kappa shape index (κ3) is 1.36. The molecule has 1 fully saturated rings. The highest BCUT2D eigenvalue weighted by molar-refractivity contribution is 5.82. The van der Waals surface area contributed by atoms with E-state index in [2.05, 4.69) is 5.32 Å². The van der Waals surface area contributed by atoms with Gasteiger partial charge in [-0.05, 0) is 19.4 Å². The van der Waals surface area contributed by atoms with Gasteiger partial charge in [0.15, 0.2) is 0 Å². The van der Waals surface area contributed by atoms with Crippen LogP contribution in [0, 0.1) is 5.41 Å². The number of carbonyl (C=O) groups is 1. The fraction of sp³-hybridized carbons (Fsp3) is 0.857. The van der Waals surface area contributed by atoms with Crippen LogP contribution in [0.25, 0.3) is 0 Å². The van der Waals surface area contributed by atoms with Gasteiger partial charge in [-0.15, -0.1) is 0 Å². The number of rotatable bonds is 2. The summed E-state index contributed by atoms with van der Waals surface area (Å²) >= 11 is 0. The molecule has 1 saturated heterocycles. The molecule has 11 heavy (non-hydrogen) atoms. The molecule has 1 heterocycles. The lowest BCUT2D eigenvalue weighted by molar-refractivity contribution is -0.139. The summed E-state index contributed by atoms with van der Waals surface area (Å²) in [5.41, 5.74) is 1.35. The Kier molecular flexibility index (Phi) is 2.46. The molecule has 0 aliphatic carbocycles. The van der Waals surface area contributed by atoms with Crippen LogP contribution in [0.3, 0.4) is 0 Å². The zero-order chi connectivity index (χ0) is 8.32. The standard InChI is InChI=1S/C7H14N2O2/c1-2-7(6(10)9-11)3-4-8-5-7/h8,11H,2-5H2,1H3,(H,9,10). The second-order valence-corrected chi connectivity index (χ2v) is 3.00. The maximum atomic E-state index is 11.2. The Morgan fingerprint density at radius 3 is 2.91 bits per heavy atom. The molecule has 0 aromatic heterocycles. The van der Waals surface area contributed by atoms with Crippen molar-refractivity contribution in [3.63, 3.8) is 0 Å². The fourth-order valence-electron chi connectivity index (χ4n) is 1.52. The highest BCUT2D eigenvalue weighted by Crippen LogP contribution is 2.28. The van der Waals surface area contributed by atoms with Crippen molar-refractivity contribution in [2.75, 3.05) is 13.1 Å². The first-order chi connectivity index (χ1) is 5.25. The molecule has 4 nitrogen and oxygen atoms in total. The van der Waals surface area contributed by atoms with Crippen LogP contribution in [0.2, 0.25) is 0 Å². The molecule has 0 saturated carbocycles. The van der Waals surface area contributed by atoms with Crippen LogP contribution >= 0.6 is 0 Å². The molecule has 64 valence electrons. The number of hydrogen-bond acceptors (Lipinski definition) is 3. The van der Waals surface area contributed by atoms with Crippen molar-refractivity contribution < 1.29 is 10.0 Å². The predicted octanol–water partition coefficient (Wildman–Crippen LogP) is -0.118. The SMILES string of the molecule is CCC1(C(=O)NO)CCNC1. The van der Waals surface area contributed by atoms with E-state index in [0.717, 1.165) is 19.4 Å². The Hall–Kier alpha value is -0.610. The third-order valence-electron chi connectivity index (χ3n) is 2.50. The molecule has 1 aliphatic heterocycles. The molecule has 1 unspecified atom stereocenters. The fourth-order valence-corrected chi connectivity index (χ4v) is 1.52. The van der Waals surface area contributed by atoms with E-state index in [0.29, 0.717) is 6.54 Å². The molecule has 0 spiro atoms. The van der Waals surface area contributed by atoms with Gasteiger partial charge in [0.1, 0.15) is 0 Å². The molecule has 0 bridgehead atoms. The Balaban J connectivity index is 2.66. The zero-order valence-corrected chi connectivity index (χ0v) is 6.68. The summed E-state index contributed by atoms with van der Waals surface area (Å²) in [6.45, 7) is 3.50. The van der Waals surface area contributed by atoms with Crippen molar-refractivity contribution in [1.82, 2.24) is 10.8 Å². The topological polar surface area (TPSA) is 61.4 Å². The lowest BCUT2D eigenvalue weighted by Gasteiger charge is -2.22.